The van der Waals surface area contributed by atoms with Gasteiger partial charge in [0.15, 0.2) is 0 Å². The molecule has 1 fully saturated rings. The summed E-state index contributed by atoms with van der Waals surface area (Å²) >= 11 is 0. The maximum atomic E-state index is 12.4. The molecule has 7 nitrogen and oxygen atoms in total. The number of nitrogens with zero attached hydrogens (tertiary/aromatic N) is 2. The maximum absolute atomic E-state index is 12.4. The zero-order valence-electron chi connectivity index (χ0n) is 13.2. The first-order valence-corrected chi connectivity index (χ1v) is 7.81. The van der Waals surface area contributed by atoms with E-state index in [1.54, 1.807) is 24.4 Å². The first-order chi connectivity index (χ1) is 11.5. The molecule has 1 aromatic heterocycles. The molecular weight excluding hydrogens is 308 g/mol. The highest BCUT2D eigenvalue weighted by atomic mass is 16.6. The quantitative estimate of drug-likeness (QED) is 0.628. The van der Waals surface area contributed by atoms with E-state index in [0.29, 0.717) is 11.7 Å². The van der Waals surface area contributed by atoms with E-state index in [1.807, 2.05) is 19.1 Å². The molecule has 1 aromatic carbocycles. The minimum Gasteiger partial charge on any atom is -0.377 e. The van der Waals surface area contributed by atoms with Gasteiger partial charge in [0.05, 0.1) is 16.7 Å². The predicted molar refractivity (Wildman–Crippen MR) is 89.9 cm³/mol. The molecule has 1 heterocycles. The zero-order chi connectivity index (χ0) is 17.1. The van der Waals surface area contributed by atoms with Crippen LogP contribution in [0.15, 0.2) is 42.6 Å². The number of benzene rings is 1. The highest BCUT2D eigenvalue weighted by Crippen LogP contribution is 2.31. The third-order valence-electron chi connectivity index (χ3n) is 3.87. The van der Waals surface area contributed by atoms with Crippen LogP contribution >= 0.6 is 0 Å². The Morgan fingerprint density at radius 1 is 1.33 bits per heavy atom. The number of aromatic nitrogens is 1. The largest absolute Gasteiger partial charge is 0.377 e. The fourth-order valence-electron chi connectivity index (χ4n) is 2.38. The molecule has 124 valence electrons. The monoisotopic (exact) mass is 326 g/mol. The molecule has 1 aliphatic carbocycles. The van der Waals surface area contributed by atoms with Crippen molar-refractivity contribution in [1.29, 1.82) is 0 Å². The Balaban J connectivity index is 1.76. The molecule has 1 unspecified atom stereocenters. The molecular formula is C17H18N4O3. The third-order valence-corrected chi connectivity index (χ3v) is 3.87. The fourth-order valence-corrected chi connectivity index (χ4v) is 2.38. The second kappa shape index (κ2) is 6.66. The molecule has 1 saturated carbocycles. The number of carbonyl (C=O) groups excluding carboxylic acids is 1. The zero-order valence-corrected chi connectivity index (χ0v) is 13.2. The van der Waals surface area contributed by atoms with Crippen molar-refractivity contribution in [2.24, 2.45) is 0 Å². The summed E-state index contributed by atoms with van der Waals surface area (Å²) in [6, 6.07) is 9.96. The molecule has 1 aliphatic rings. The standard InChI is InChI=1S/C17H18N4O3/c1-11(14-4-2-3-9-18-14)19-17(22)12-5-8-15(20-13-6-7-13)16(10-12)21(23)24/h2-5,8-11,13,20H,6-7H2,1H3,(H,19,22). The molecule has 0 spiro atoms. The van der Waals surface area contributed by atoms with Crippen molar-refractivity contribution in [3.05, 3.63) is 64.0 Å². The van der Waals surface area contributed by atoms with Gasteiger partial charge in [0.25, 0.3) is 11.6 Å². The van der Waals surface area contributed by atoms with E-state index in [0.717, 1.165) is 18.5 Å². The van der Waals surface area contributed by atoms with E-state index in [-0.39, 0.29) is 23.2 Å². The minimum absolute atomic E-state index is 0.0833. The van der Waals surface area contributed by atoms with Crippen LogP contribution in [0, 0.1) is 10.1 Å². The van der Waals surface area contributed by atoms with Gasteiger partial charge in [-0.1, -0.05) is 6.07 Å². The maximum Gasteiger partial charge on any atom is 0.293 e. The van der Waals surface area contributed by atoms with Crippen LogP contribution in [0.1, 0.15) is 41.9 Å². The van der Waals surface area contributed by atoms with Crippen LogP contribution in [0.25, 0.3) is 0 Å². The first-order valence-electron chi connectivity index (χ1n) is 7.81. The Hall–Kier alpha value is -2.96. The van der Waals surface area contributed by atoms with Crippen LogP contribution < -0.4 is 10.6 Å². The summed E-state index contributed by atoms with van der Waals surface area (Å²) in [7, 11) is 0. The van der Waals surface area contributed by atoms with E-state index in [1.165, 1.54) is 6.07 Å². The molecule has 1 atom stereocenters. The summed E-state index contributed by atoms with van der Waals surface area (Å²) in [5, 5.41) is 17.2. The van der Waals surface area contributed by atoms with Crippen molar-refractivity contribution in [3.63, 3.8) is 0 Å². The lowest BCUT2D eigenvalue weighted by molar-refractivity contribution is -0.384. The lowest BCUT2D eigenvalue weighted by Gasteiger charge is -2.14. The molecule has 0 bridgehead atoms. The Bertz CT molecular complexity index is 760. The SMILES string of the molecule is CC(NC(=O)c1ccc(NC2CC2)c([N+](=O)[O-])c1)c1ccccn1. The van der Waals surface area contributed by atoms with Gasteiger partial charge in [-0.15, -0.1) is 0 Å². The summed E-state index contributed by atoms with van der Waals surface area (Å²) in [6.45, 7) is 1.82. The molecule has 0 saturated heterocycles. The molecule has 3 rings (SSSR count). The van der Waals surface area contributed by atoms with Crippen LogP contribution in [0.3, 0.4) is 0 Å². The molecule has 0 aliphatic heterocycles. The van der Waals surface area contributed by atoms with Crippen molar-refractivity contribution in [3.8, 4) is 0 Å². The van der Waals surface area contributed by atoms with Crippen molar-refractivity contribution in [1.82, 2.24) is 10.3 Å². The third kappa shape index (κ3) is 3.68. The van der Waals surface area contributed by atoms with E-state index >= 15 is 0 Å². The Morgan fingerprint density at radius 3 is 2.75 bits per heavy atom. The number of nitrogens with one attached hydrogen (secondary N) is 2. The average Bonchev–Trinajstić information content (AvgIpc) is 3.39. The van der Waals surface area contributed by atoms with Gasteiger partial charge in [0, 0.05) is 23.9 Å². The molecule has 7 heteroatoms. The summed E-state index contributed by atoms with van der Waals surface area (Å²) in [5.74, 6) is -0.366. The number of anilines is 1. The first kappa shape index (κ1) is 15.9. The number of pyridine rings is 1. The molecule has 24 heavy (non-hydrogen) atoms. The normalized spacial score (nSPS) is 14.7. The average molecular weight is 326 g/mol. The van der Waals surface area contributed by atoms with Crippen molar-refractivity contribution in [2.75, 3.05) is 5.32 Å². The summed E-state index contributed by atoms with van der Waals surface area (Å²) in [6.07, 6.45) is 3.68. The van der Waals surface area contributed by atoms with Crippen molar-refractivity contribution in [2.45, 2.75) is 31.8 Å². The van der Waals surface area contributed by atoms with Gasteiger partial charge in [-0.25, -0.2) is 0 Å². The molecule has 2 N–H and O–H groups in total. The van der Waals surface area contributed by atoms with Gasteiger partial charge in [-0.2, -0.15) is 0 Å². The molecule has 1 amide bonds. The van der Waals surface area contributed by atoms with E-state index in [2.05, 4.69) is 15.6 Å². The molecule has 2 aromatic rings. The minimum atomic E-state index is -0.469. The lowest BCUT2D eigenvalue weighted by atomic mass is 10.1. The van der Waals surface area contributed by atoms with Gasteiger partial charge >= 0.3 is 0 Å². The number of nitro benzene ring substituents is 1. The second-order valence-electron chi connectivity index (χ2n) is 5.86. The van der Waals surface area contributed by atoms with E-state index in [9.17, 15) is 14.9 Å². The Morgan fingerprint density at radius 2 is 2.12 bits per heavy atom. The fraction of sp³-hybridized carbons (Fsp3) is 0.294. The Labute approximate surface area is 139 Å². The summed E-state index contributed by atoms with van der Waals surface area (Å²) in [5.41, 5.74) is 1.36. The lowest BCUT2D eigenvalue weighted by Crippen LogP contribution is -2.27. The van der Waals surface area contributed by atoms with Crippen LogP contribution in [-0.4, -0.2) is 21.9 Å². The number of rotatable bonds is 6. The van der Waals surface area contributed by atoms with Crippen LogP contribution in [0.4, 0.5) is 11.4 Å². The van der Waals surface area contributed by atoms with Gasteiger partial charge in [0.2, 0.25) is 0 Å². The van der Waals surface area contributed by atoms with Crippen LogP contribution in [0.5, 0.6) is 0 Å². The number of nitro groups is 1. The highest BCUT2D eigenvalue weighted by Gasteiger charge is 2.25. The van der Waals surface area contributed by atoms with Crippen molar-refractivity contribution >= 4 is 17.3 Å². The number of amides is 1. The Kier molecular flexibility index (Phi) is 4.41. The van der Waals surface area contributed by atoms with Crippen LogP contribution in [-0.2, 0) is 0 Å². The van der Waals surface area contributed by atoms with Crippen molar-refractivity contribution < 1.29 is 9.72 Å². The van der Waals surface area contributed by atoms with E-state index < -0.39 is 4.92 Å². The van der Waals surface area contributed by atoms with Gasteiger partial charge < -0.3 is 10.6 Å². The molecule has 0 radical (unpaired) electrons. The highest BCUT2D eigenvalue weighted by molar-refractivity contribution is 5.96. The van der Waals surface area contributed by atoms with Crippen LogP contribution in [0.2, 0.25) is 0 Å². The topological polar surface area (TPSA) is 97.2 Å². The number of hydrogen-bond acceptors (Lipinski definition) is 5. The summed E-state index contributed by atoms with van der Waals surface area (Å²) in [4.78, 5) is 27.4. The van der Waals surface area contributed by atoms with Gasteiger partial charge in [-0.05, 0) is 44.0 Å². The second-order valence-corrected chi connectivity index (χ2v) is 5.86. The van der Waals surface area contributed by atoms with Gasteiger partial charge in [-0.3, -0.25) is 19.9 Å². The van der Waals surface area contributed by atoms with E-state index in [4.69, 9.17) is 0 Å². The number of hydrogen-bond donors (Lipinski definition) is 2. The smallest absolute Gasteiger partial charge is 0.293 e. The van der Waals surface area contributed by atoms with Gasteiger partial charge in [0.1, 0.15) is 5.69 Å². The number of carbonyl (C=O) groups is 1. The summed E-state index contributed by atoms with van der Waals surface area (Å²) < 4.78 is 0. The predicted octanol–water partition coefficient (Wildman–Crippen LogP) is 3.06.